The zero-order chi connectivity index (χ0) is 22.6. The van der Waals surface area contributed by atoms with Gasteiger partial charge in [0.25, 0.3) is 5.91 Å². The Kier molecular flexibility index (Phi) is 6.62. The first-order valence-corrected chi connectivity index (χ1v) is 10.6. The van der Waals surface area contributed by atoms with Gasteiger partial charge in [0.2, 0.25) is 12.0 Å². The highest BCUT2D eigenvalue weighted by atomic mass is 16.6. The number of benzene rings is 1. The summed E-state index contributed by atoms with van der Waals surface area (Å²) >= 11 is 0. The predicted molar refractivity (Wildman–Crippen MR) is 112 cm³/mol. The first-order chi connectivity index (χ1) is 14.6. The van der Waals surface area contributed by atoms with Crippen molar-refractivity contribution in [2.24, 2.45) is 5.41 Å². The van der Waals surface area contributed by atoms with E-state index in [1.165, 1.54) is 0 Å². The molecule has 1 aromatic rings. The van der Waals surface area contributed by atoms with Crippen molar-refractivity contribution in [3.63, 3.8) is 0 Å². The van der Waals surface area contributed by atoms with Crippen molar-refractivity contribution in [1.82, 2.24) is 16.2 Å². The molecule has 0 saturated heterocycles. The lowest BCUT2D eigenvalue weighted by molar-refractivity contribution is -0.140. The van der Waals surface area contributed by atoms with Gasteiger partial charge in [0, 0.05) is 6.04 Å². The Bertz CT molecular complexity index is 837. The average Bonchev–Trinajstić information content (AvgIpc) is 2.71. The maximum Gasteiger partial charge on any atom is 0.407 e. The van der Waals surface area contributed by atoms with Crippen LogP contribution in [0.3, 0.4) is 0 Å². The van der Waals surface area contributed by atoms with E-state index < -0.39 is 35.2 Å². The van der Waals surface area contributed by atoms with Crippen molar-refractivity contribution >= 4 is 17.9 Å². The Morgan fingerprint density at radius 1 is 1.10 bits per heavy atom. The number of hydrogen-bond donors (Lipinski definition) is 3. The van der Waals surface area contributed by atoms with Gasteiger partial charge in [-0.1, -0.05) is 25.0 Å². The second-order valence-corrected chi connectivity index (χ2v) is 9.17. The van der Waals surface area contributed by atoms with Crippen LogP contribution in [0.1, 0.15) is 53.4 Å². The topological polar surface area (TPSA) is 115 Å². The van der Waals surface area contributed by atoms with Gasteiger partial charge < -0.3 is 19.5 Å². The molecule has 1 fully saturated rings. The lowest BCUT2D eigenvalue weighted by Crippen LogP contribution is -2.60. The monoisotopic (exact) mass is 433 g/mol. The molecule has 0 bridgehead atoms. The van der Waals surface area contributed by atoms with Crippen LogP contribution in [0, 0.1) is 5.41 Å². The third kappa shape index (κ3) is 5.59. The van der Waals surface area contributed by atoms with E-state index in [9.17, 15) is 14.4 Å². The summed E-state index contributed by atoms with van der Waals surface area (Å²) < 4.78 is 16.5. The van der Waals surface area contributed by atoms with E-state index in [1.807, 2.05) is 6.07 Å². The Morgan fingerprint density at radius 2 is 1.81 bits per heavy atom. The number of carbonyl (C=O) groups excluding carboxylic acids is 3. The molecule has 170 valence electrons. The molecule has 9 heteroatoms. The van der Waals surface area contributed by atoms with Gasteiger partial charge in [-0.25, -0.2) is 4.79 Å². The normalized spacial score (nSPS) is 25.2. The summed E-state index contributed by atoms with van der Waals surface area (Å²) in [6.07, 6.45) is 1.52. The summed E-state index contributed by atoms with van der Waals surface area (Å²) in [5.74, 6) is 0.153. The van der Waals surface area contributed by atoms with Crippen LogP contribution in [-0.4, -0.2) is 42.3 Å². The number of amides is 3. The number of rotatable bonds is 3. The molecular formula is C22H31N3O6. The summed E-state index contributed by atoms with van der Waals surface area (Å²) in [4.78, 5) is 37.7. The largest absolute Gasteiger partial charge is 0.485 e. The molecule has 1 saturated carbocycles. The number of fused-ring (bicyclic) bond motifs is 1. The first-order valence-electron chi connectivity index (χ1n) is 10.6. The SMILES string of the molecule is CC(C)(C)OC(=O)N[C@@H]1CCCC[C@]1(C)C(=O)NNC(=O)[C@H]1COc2ccccc2O1. The molecule has 3 amide bonds. The lowest BCUT2D eigenvalue weighted by atomic mass is 9.71. The lowest BCUT2D eigenvalue weighted by Gasteiger charge is -2.40. The third-order valence-corrected chi connectivity index (χ3v) is 5.52. The van der Waals surface area contributed by atoms with E-state index in [2.05, 4.69) is 16.2 Å². The maximum atomic E-state index is 13.0. The Hall–Kier alpha value is -2.97. The van der Waals surface area contributed by atoms with Crippen molar-refractivity contribution in [2.45, 2.75) is 71.1 Å². The van der Waals surface area contributed by atoms with Gasteiger partial charge >= 0.3 is 6.09 Å². The van der Waals surface area contributed by atoms with Gasteiger partial charge in [0.1, 0.15) is 12.2 Å². The zero-order valence-electron chi connectivity index (χ0n) is 18.4. The Labute approximate surface area is 182 Å². The van der Waals surface area contributed by atoms with Crippen LogP contribution in [0.15, 0.2) is 24.3 Å². The molecule has 0 radical (unpaired) electrons. The molecule has 0 spiro atoms. The van der Waals surface area contributed by atoms with Crippen LogP contribution in [0.5, 0.6) is 11.5 Å². The van der Waals surface area contributed by atoms with Gasteiger partial charge in [-0.15, -0.1) is 0 Å². The second-order valence-electron chi connectivity index (χ2n) is 9.17. The van der Waals surface area contributed by atoms with Crippen molar-refractivity contribution in [2.75, 3.05) is 6.61 Å². The molecule has 1 heterocycles. The minimum Gasteiger partial charge on any atom is -0.485 e. The number of alkyl carbamates (subject to hydrolysis) is 1. The molecule has 1 aliphatic carbocycles. The van der Waals surface area contributed by atoms with Crippen molar-refractivity contribution < 1.29 is 28.6 Å². The standard InChI is InChI=1S/C22H31N3O6/c1-21(2,3)31-20(28)23-17-11-7-8-12-22(17,4)19(27)25-24-18(26)16-13-29-14-9-5-6-10-15(14)30-16/h5-6,9-10,16-17H,7-8,11-13H2,1-4H3,(H,23,28)(H,24,26)(H,25,27)/t16-,17-,22+/m1/s1. The fourth-order valence-electron chi connectivity index (χ4n) is 3.78. The molecule has 2 aliphatic rings. The molecule has 0 unspecified atom stereocenters. The number of hydrazine groups is 1. The van der Waals surface area contributed by atoms with Crippen molar-refractivity contribution in [1.29, 1.82) is 0 Å². The van der Waals surface area contributed by atoms with E-state index in [-0.39, 0.29) is 12.5 Å². The maximum absolute atomic E-state index is 13.0. The van der Waals surface area contributed by atoms with E-state index in [4.69, 9.17) is 14.2 Å². The van der Waals surface area contributed by atoms with E-state index >= 15 is 0 Å². The van der Waals surface area contributed by atoms with Crippen LogP contribution in [-0.2, 0) is 14.3 Å². The van der Waals surface area contributed by atoms with E-state index in [0.29, 0.717) is 24.3 Å². The van der Waals surface area contributed by atoms with Gasteiger partial charge in [0.05, 0.1) is 5.41 Å². The summed E-state index contributed by atoms with van der Waals surface area (Å²) in [6.45, 7) is 7.17. The second kappa shape index (κ2) is 9.03. The summed E-state index contributed by atoms with van der Waals surface area (Å²) in [6, 6.07) is 6.66. The third-order valence-electron chi connectivity index (χ3n) is 5.52. The Morgan fingerprint density at radius 3 is 2.52 bits per heavy atom. The Balaban J connectivity index is 1.57. The number of carbonyl (C=O) groups is 3. The molecule has 3 rings (SSSR count). The average molecular weight is 434 g/mol. The van der Waals surface area contributed by atoms with Gasteiger partial charge in [0.15, 0.2) is 11.5 Å². The van der Waals surface area contributed by atoms with Crippen LogP contribution in [0.4, 0.5) is 4.79 Å². The van der Waals surface area contributed by atoms with E-state index in [0.717, 1.165) is 12.8 Å². The number of ether oxygens (including phenoxy) is 3. The van der Waals surface area contributed by atoms with Crippen LogP contribution < -0.4 is 25.6 Å². The molecule has 9 nitrogen and oxygen atoms in total. The molecule has 0 aromatic heterocycles. The fraction of sp³-hybridized carbons (Fsp3) is 0.591. The van der Waals surface area contributed by atoms with Gasteiger partial charge in [-0.2, -0.15) is 0 Å². The molecular weight excluding hydrogens is 402 g/mol. The smallest absolute Gasteiger partial charge is 0.407 e. The zero-order valence-corrected chi connectivity index (χ0v) is 18.4. The summed E-state index contributed by atoms with van der Waals surface area (Å²) in [7, 11) is 0. The number of hydrogen-bond acceptors (Lipinski definition) is 6. The number of nitrogens with one attached hydrogen (secondary N) is 3. The predicted octanol–water partition coefficient (Wildman–Crippen LogP) is 2.45. The van der Waals surface area contributed by atoms with Crippen LogP contribution in [0.2, 0.25) is 0 Å². The van der Waals surface area contributed by atoms with Crippen molar-refractivity contribution in [3.8, 4) is 11.5 Å². The van der Waals surface area contributed by atoms with Gasteiger partial charge in [-0.3, -0.25) is 20.4 Å². The number of para-hydroxylation sites is 2. The fourth-order valence-corrected chi connectivity index (χ4v) is 3.78. The molecule has 1 aromatic carbocycles. The van der Waals surface area contributed by atoms with Crippen molar-refractivity contribution in [3.05, 3.63) is 24.3 Å². The highest BCUT2D eigenvalue weighted by Crippen LogP contribution is 2.36. The summed E-state index contributed by atoms with van der Waals surface area (Å²) in [5.41, 5.74) is 3.41. The van der Waals surface area contributed by atoms with Crippen LogP contribution in [0.25, 0.3) is 0 Å². The van der Waals surface area contributed by atoms with E-state index in [1.54, 1.807) is 45.9 Å². The first kappa shape index (κ1) is 22.7. The molecule has 31 heavy (non-hydrogen) atoms. The van der Waals surface area contributed by atoms with Crippen LogP contribution >= 0.6 is 0 Å². The minimum atomic E-state index is -0.890. The highest BCUT2D eigenvalue weighted by molar-refractivity contribution is 5.88. The molecule has 1 aliphatic heterocycles. The summed E-state index contributed by atoms with van der Waals surface area (Å²) in [5, 5.41) is 2.83. The molecule has 3 atom stereocenters. The van der Waals surface area contributed by atoms with Gasteiger partial charge in [-0.05, 0) is 52.7 Å². The highest BCUT2D eigenvalue weighted by Gasteiger charge is 2.44. The molecule has 3 N–H and O–H groups in total. The minimum absolute atomic E-state index is 0.0405. The quantitative estimate of drug-likeness (QED) is 0.631.